The van der Waals surface area contributed by atoms with Crippen molar-refractivity contribution >= 4 is 47.2 Å². The van der Waals surface area contributed by atoms with Crippen molar-refractivity contribution in [3.8, 4) is 0 Å². The number of halogens is 3. The molecule has 5 rings (SSSR count). The lowest BCUT2D eigenvalue weighted by Crippen LogP contribution is -2.25. The molecule has 168 valence electrons. The fourth-order valence-corrected chi connectivity index (χ4v) is 3.79. The molecule has 0 unspecified atom stereocenters. The van der Waals surface area contributed by atoms with Crippen molar-refractivity contribution in [2.45, 2.75) is 6.18 Å². The zero-order chi connectivity index (χ0) is 23.9. The number of allylic oxidation sites excluding steroid dienone is 1. The summed E-state index contributed by atoms with van der Waals surface area (Å²) in [6.45, 7) is 0. The van der Waals surface area contributed by atoms with E-state index in [1.54, 1.807) is 30.3 Å². The van der Waals surface area contributed by atoms with Gasteiger partial charge in [-0.25, -0.2) is 0 Å². The van der Waals surface area contributed by atoms with Gasteiger partial charge >= 0.3 is 6.18 Å². The highest BCUT2D eigenvalue weighted by atomic mass is 19.4. The maximum absolute atomic E-state index is 13.0. The minimum atomic E-state index is -4.56. The second-order valence-corrected chi connectivity index (χ2v) is 7.46. The predicted molar refractivity (Wildman–Crippen MR) is 119 cm³/mol. The number of hydrogen-bond acceptors (Lipinski definition) is 5. The molecule has 2 aliphatic rings. The van der Waals surface area contributed by atoms with Crippen LogP contribution in [0.3, 0.4) is 0 Å². The number of anilines is 3. The Bertz CT molecular complexity index is 1530. The van der Waals surface area contributed by atoms with Crippen LogP contribution in [0.4, 0.5) is 35.9 Å². The van der Waals surface area contributed by atoms with Gasteiger partial charge in [-0.3, -0.25) is 14.5 Å². The number of fused-ring (bicyclic) bond motifs is 3. The highest BCUT2D eigenvalue weighted by Gasteiger charge is 2.31. The second-order valence-electron chi connectivity index (χ2n) is 7.46. The molecular weight excluding hydrogens is 447 g/mol. The van der Waals surface area contributed by atoms with Crippen LogP contribution in [0.2, 0.25) is 0 Å². The summed E-state index contributed by atoms with van der Waals surface area (Å²) in [5.41, 5.74) is 1.65. The summed E-state index contributed by atoms with van der Waals surface area (Å²) in [7, 11) is 0. The maximum atomic E-state index is 13.0. The number of nitrogens with zero attached hydrogens (tertiary/aromatic N) is 4. The lowest BCUT2D eigenvalue weighted by molar-refractivity contribution is -0.137. The SMILES string of the molecule is O=CN(c1cccc(NC(=O)c2cccc(C(F)(F)F)c2)c1)c1cc2c(c3c1=CC=C3)N=NN=2. The third kappa shape index (κ3) is 3.75. The van der Waals surface area contributed by atoms with Gasteiger partial charge in [-0.2, -0.15) is 13.2 Å². The van der Waals surface area contributed by atoms with Gasteiger partial charge in [0.1, 0.15) is 11.0 Å². The molecule has 1 N–H and O–H groups in total. The first-order valence-corrected chi connectivity index (χ1v) is 10.0. The fraction of sp³-hybridized carbons (Fsp3) is 0.0417. The largest absolute Gasteiger partial charge is 0.416 e. The number of carbonyl (C=O) groups excluding carboxylic acids is 2. The van der Waals surface area contributed by atoms with Crippen molar-refractivity contribution in [3.05, 3.63) is 87.9 Å². The molecule has 7 nitrogen and oxygen atoms in total. The average molecular weight is 461 g/mol. The number of nitrogens with one attached hydrogen (secondary N) is 1. The van der Waals surface area contributed by atoms with Crippen LogP contribution >= 0.6 is 0 Å². The quantitative estimate of drug-likeness (QED) is 0.559. The van der Waals surface area contributed by atoms with Gasteiger partial charge in [-0.05, 0) is 47.7 Å². The molecule has 1 heterocycles. The molecule has 10 heteroatoms. The van der Waals surface area contributed by atoms with Crippen LogP contribution in [-0.4, -0.2) is 12.3 Å². The molecule has 0 atom stereocenters. The molecule has 3 aromatic carbocycles. The predicted octanol–water partition coefficient (Wildman–Crippen LogP) is 4.69. The number of amides is 2. The van der Waals surface area contributed by atoms with Crippen molar-refractivity contribution in [3.63, 3.8) is 0 Å². The Hall–Kier alpha value is -4.60. The minimum Gasteiger partial charge on any atom is -0.322 e. The molecule has 0 saturated heterocycles. The molecule has 34 heavy (non-hydrogen) atoms. The molecule has 0 bridgehead atoms. The number of rotatable bonds is 5. The molecule has 0 spiro atoms. The Morgan fingerprint density at radius 3 is 2.68 bits per heavy atom. The van der Waals surface area contributed by atoms with E-state index in [0.717, 1.165) is 22.9 Å². The van der Waals surface area contributed by atoms with Crippen LogP contribution in [0.5, 0.6) is 0 Å². The summed E-state index contributed by atoms with van der Waals surface area (Å²) in [6.07, 6.45) is 1.60. The maximum Gasteiger partial charge on any atom is 0.416 e. The normalized spacial score (nSPS) is 13.0. The van der Waals surface area contributed by atoms with E-state index < -0.39 is 17.6 Å². The van der Waals surface area contributed by atoms with Gasteiger partial charge in [0.25, 0.3) is 5.91 Å². The Kier molecular flexibility index (Phi) is 5.05. The first-order valence-electron chi connectivity index (χ1n) is 10.0. The second kappa shape index (κ2) is 8.07. The average Bonchev–Trinajstić information content (AvgIpc) is 3.49. The minimum absolute atomic E-state index is 0.140. The molecule has 0 fully saturated rings. The molecular formula is C24H14F3N5O2. The van der Waals surface area contributed by atoms with E-state index in [2.05, 4.69) is 20.8 Å². The third-order valence-electron chi connectivity index (χ3n) is 5.36. The summed E-state index contributed by atoms with van der Waals surface area (Å²) in [5, 5.41) is 15.6. The van der Waals surface area contributed by atoms with Crippen LogP contribution in [0, 0.1) is 0 Å². The van der Waals surface area contributed by atoms with Gasteiger partial charge in [-0.1, -0.05) is 30.4 Å². The third-order valence-corrected chi connectivity index (χ3v) is 5.36. The fourth-order valence-electron chi connectivity index (χ4n) is 3.79. The zero-order valence-corrected chi connectivity index (χ0v) is 17.2. The van der Waals surface area contributed by atoms with Crippen molar-refractivity contribution in [2.75, 3.05) is 10.2 Å². The van der Waals surface area contributed by atoms with Crippen molar-refractivity contribution in [1.82, 2.24) is 0 Å². The number of hydrogen-bond donors (Lipinski definition) is 1. The van der Waals surface area contributed by atoms with Crippen molar-refractivity contribution in [2.24, 2.45) is 15.4 Å². The highest BCUT2D eigenvalue weighted by Crippen LogP contribution is 2.31. The Balaban J connectivity index is 1.47. The summed E-state index contributed by atoms with van der Waals surface area (Å²) >= 11 is 0. The number of alkyl halides is 3. The van der Waals surface area contributed by atoms with Gasteiger partial charge in [0.2, 0.25) is 6.41 Å². The summed E-state index contributed by atoms with van der Waals surface area (Å²) in [6, 6.07) is 12.3. The van der Waals surface area contributed by atoms with E-state index in [1.807, 2.05) is 18.2 Å². The summed E-state index contributed by atoms with van der Waals surface area (Å²) < 4.78 is 38.9. The smallest absolute Gasteiger partial charge is 0.322 e. The monoisotopic (exact) mass is 461 g/mol. The Labute approximate surface area is 190 Å². The van der Waals surface area contributed by atoms with E-state index in [1.165, 1.54) is 17.0 Å². The zero-order valence-electron chi connectivity index (χ0n) is 17.2. The molecule has 0 radical (unpaired) electrons. The van der Waals surface area contributed by atoms with Crippen LogP contribution in [-0.2, 0) is 11.0 Å². The van der Waals surface area contributed by atoms with Crippen molar-refractivity contribution < 1.29 is 22.8 Å². The first-order chi connectivity index (χ1) is 16.3. The molecule has 1 aliphatic heterocycles. The van der Waals surface area contributed by atoms with Gasteiger partial charge in [-0.15, -0.1) is 10.2 Å². The molecule has 3 aromatic rings. The molecule has 2 amide bonds. The van der Waals surface area contributed by atoms with Gasteiger partial charge < -0.3 is 5.32 Å². The summed E-state index contributed by atoms with van der Waals surface area (Å²) in [4.78, 5) is 26.1. The first kappa shape index (κ1) is 21.3. The van der Waals surface area contributed by atoms with Crippen LogP contribution in [0.1, 0.15) is 21.5 Å². The lowest BCUT2D eigenvalue weighted by Gasteiger charge is -2.20. The highest BCUT2D eigenvalue weighted by molar-refractivity contribution is 6.05. The van der Waals surface area contributed by atoms with E-state index in [0.29, 0.717) is 34.5 Å². The Morgan fingerprint density at radius 2 is 1.88 bits per heavy atom. The van der Waals surface area contributed by atoms with Crippen molar-refractivity contribution in [1.29, 1.82) is 0 Å². The van der Waals surface area contributed by atoms with Gasteiger partial charge in [0.05, 0.1) is 16.9 Å². The molecule has 0 aromatic heterocycles. The van der Waals surface area contributed by atoms with E-state index >= 15 is 0 Å². The Morgan fingerprint density at radius 1 is 1.06 bits per heavy atom. The van der Waals surface area contributed by atoms with Gasteiger partial charge in [0.15, 0.2) is 0 Å². The van der Waals surface area contributed by atoms with E-state index in [9.17, 15) is 22.8 Å². The standard InChI is InChI=1S/C24H14F3N5O2/c25-24(26,27)15-5-1-4-14(10-15)23(34)28-16-6-2-7-17(11-16)32(13-33)21-12-20-22(30-31-29-20)19-9-3-8-18(19)21/h1-13H,(H,28,34). The topological polar surface area (TPSA) is 86.5 Å². The molecule has 0 saturated carbocycles. The lowest BCUT2D eigenvalue weighted by atomic mass is 10.1. The molecule has 1 aliphatic carbocycles. The summed E-state index contributed by atoms with van der Waals surface area (Å²) in [5.74, 6) is -0.709. The number of carbonyl (C=O) groups is 2. The van der Waals surface area contributed by atoms with Crippen LogP contribution in [0.25, 0.3) is 12.2 Å². The van der Waals surface area contributed by atoms with E-state index in [4.69, 9.17) is 0 Å². The van der Waals surface area contributed by atoms with E-state index in [-0.39, 0.29) is 5.56 Å². The van der Waals surface area contributed by atoms with Crippen LogP contribution < -0.4 is 20.8 Å². The van der Waals surface area contributed by atoms with Crippen LogP contribution in [0.15, 0.2) is 76.1 Å². The van der Waals surface area contributed by atoms with Gasteiger partial charge in [0, 0.05) is 22.0 Å². The number of benzene rings is 3.